The third-order valence-electron chi connectivity index (χ3n) is 3.37. The fourth-order valence-corrected chi connectivity index (χ4v) is 3.61. The Balaban J connectivity index is 2.11. The molecule has 2 N–H and O–H groups in total. The molecular formula is C17H18ClFN2O4S. The summed E-state index contributed by atoms with van der Waals surface area (Å²) in [5.41, 5.74) is -0.0346. The molecule has 26 heavy (non-hydrogen) atoms. The van der Waals surface area contributed by atoms with Gasteiger partial charge in [-0.05, 0) is 44.2 Å². The minimum Gasteiger partial charge on any atom is -0.492 e. The zero-order chi connectivity index (χ0) is 19.3. The zero-order valence-electron chi connectivity index (χ0n) is 14.1. The van der Waals surface area contributed by atoms with Crippen molar-refractivity contribution in [2.75, 3.05) is 11.9 Å². The Hall–Kier alpha value is -2.16. The number of sulfonamides is 1. The molecule has 0 saturated heterocycles. The van der Waals surface area contributed by atoms with Gasteiger partial charge in [0.15, 0.2) is 0 Å². The summed E-state index contributed by atoms with van der Waals surface area (Å²) in [5, 5.41) is 2.47. The van der Waals surface area contributed by atoms with E-state index >= 15 is 0 Å². The number of hydrogen-bond acceptors (Lipinski definition) is 4. The Bertz CT molecular complexity index is 905. The van der Waals surface area contributed by atoms with Crippen molar-refractivity contribution in [3.8, 4) is 5.75 Å². The van der Waals surface area contributed by atoms with E-state index in [0.717, 1.165) is 0 Å². The molecule has 1 amide bonds. The molecule has 0 spiro atoms. The molecule has 0 aliphatic rings. The minimum atomic E-state index is -4.01. The van der Waals surface area contributed by atoms with Crippen LogP contribution >= 0.6 is 11.6 Å². The highest BCUT2D eigenvalue weighted by atomic mass is 35.5. The van der Waals surface area contributed by atoms with E-state index in [1.807, 2.05) is 0 Å². The van der Waals surface area contributed by atoms with E-state index in [9.17, 15) is 17.6 Å². The molecular weight excluding hydrogens is 383 g/mol. The second-order valence-corrected chi connectivity index (χ2v) is 7.46. The van der Waals surface area contributed by atoms with Gasteiger partial charge in [0, 0.05) is 0 Å². The van der Waals surface area contributed by atoms with Gasteiger partial charge in [-0.1, -0.05) is 23.7 Å². The number of carbonyl (C=O) groups excluding carboxylic acids is 1. The van der Waals surface area contributed by atoms with Gasteiger partial charge in [0.2, 0.25) is 15.9 Å². The van der Waals surface area contributed by atoms with Gasteiger partial charge < -0.3 is 10.1 Å². The van der Waals surface area contributed by atoms with Crippen molar-refractivity contribution in [1.82, 2.24) is 4.72 Å². The highest BCUT2D eigenvalue weighted by molar-refractivity contribution is 7.89. The van der Waals surface area contributed by atoms with Crippen LogP contribution in [0.3, 0.4) is 0 Å². The molecule has 2 aromatic carbocycles. The van der Waals surface area contributed by atoms with Crippen LogP contribution in [-0.4, -0.2) is 27.0 Å². The van der Waals surface area contributed by atoms with Gasteiger partial charge in [0.25, 0.3) is 0 Å². The number of amides is 1. The largest absolute Gasteiger partial charge is 0.492 e. The molecule has 0 saturated carbocycles. The predicted octanol–water partition coefficient (Wildman–Crippen LogP) is 3.18. The summed E-state index contributed by atoms with van der Waals surface area (Å²) < 4.78 is 45.9. The Kier molecular flexibility index (Phi) is 6.57. The molecule has 0 bridgehead atoms. The van der Waals surface area contributed by atoms with E-state index in [-0.39, 0.29) is 15.6 Å². The van der Waals surface area contributed by atoms with E-state index in [1.165, 1.54) is 43.3 Å². The first kappa shape index (κ1) is 20.2. The van der Waals surface area contributed by atoms with Crippen LogP contribution in [0.5, 0.6) is 5.75 Å². The summed E-state index contributed by atoms with van der Waals surface area (Å²) in [4.78, 5) is 12.0. The zero-order valence-corrected chi connectivity index (χ0v) is 15.7. The third-order valence-corrected chi connectivity index (χ3v) is 5.20. The lowest BCUT2D eigenvalue weighted by Crippen LogP contribution is -2.41. The summed E-state index contributed by atoms with van der Waals surface area (Å²) >= 11 is 6.00. The smallest absolute Gasteiger partial charge is 0.242 e. The van der Waals surface area contributed by atoms with Crippen LogP contribution < -0.4 is 14.8 Å². The summed E-state index contributed by atoms with van der Waals surface area (Å²) in [5.74, 6) is -0.955. The van der Waals surface area contributed by atoms with E-state index in [0.29, 0.717) is 12.4 Å². The highest BCUT2D eigenvalue weighted by Gasteiger charge is 2.23. The number of hydrogen-bond donors (Lipinski definition) is 2. The lowest BCUT2D eigenvalue weighted by molar-refractivity contribution is -0.117. The second-order valence-electron chi connectivity index (χ2n) is 5.34. The summed E-state index contributed by atoms with van der Waals surface area (Å²) in [6.07, 6.45) is 0. The van der Waals surface area contributed by atoms with Gasteiger partial charge in [0.05, 0.1) is 28.3 Å². The number of rotatable bonds is 7. The Morgan fingerprint density at radius 3 is 2.58 bits per heavy atom. The Labute approximate surface area is 156 Å². The van der Waals surface area contributed by atoms with Crippen LogP contribution in [0.25, 0.3) is 0 Å². The van der Waals surface area contributed by atoms with Crippen LogP contribution in [0.4, 0.5) is 10.1 Å². The maximum Gasteiger partial charge on any atom is 0.242 e. The molecule has 2 rings (SSSR count). The number of halogens is 2. The molecule has 1 atom stereocenters. The highest BCUT2D eigenvalue weighted by Crippen LogP contribution is 2.27. The lowest BCUT2D eigenvalue weighted by Gasteiger charge is -2.15. The molecule has 0 aliphatic carbocycles. The fourth-order valence-electron chi connectivity index (χ4n) is 2.08. The first-order valence-corrected chi connectivity index (χ1v) is 9.60. The van der Waals surface area contributed by atoms with Crippen molar-refractivity contribution < 1.29 is 22.3 Å². The number of anilines is 1. The molecule has 0 aromatic heterocycles. The van der Waals surface area contributed by atoms with Gasteiger partial charge in [0.1, 0.15) is 11.6 Å². The summed E-state index contributed by atoms with van der Waals surface area (Å²) in [6, 6.07) is 8.45. The van der Waals surface area contributed by atoms with Gasteiger partial charge in [-0.25, -0.2) is 12.8 Å². The van der Waals surface area contributed by atoms with Crippen LogP contribution in [0.15, 0.2) is 47.4 Å². The third kappa shape index (κ3) is 4.94. The van der Waals surface area contributed by atoms with Crippen molar-refractivity contribution >= 4 is 33.2 Å². The molecule has 140 valence electrons. The van der Waals surface area contributed by atoms with E-state index in [2.05, 4.69) is 10.0 Å². The molecule has 9 heteroatoms. The molecule has 0 unspecified atom stereocenters. The number of para-hydroxylation sites is 1. The first-order valence-electron chi connectivity index (χ1n) is 7.74. The number of carbonyl (C=O) groups is 1. The van der Waals surface area contributed by atoms with Crippen molar-refractivity contribution in [2.45, 2.75) is 24.8 Å². The van der Waals surface area contributed by atoms with Crippen molar-refractivity contribution in [2.24, 2.45) is 0 Å². The Morgan fingerprint density at radius 1 is 1.27 bits per heavy atom. The average molecular weight is 401 g/mol. The molecule has 0 fully saturated rings. The minimum absolute atomic E-state index is 0.0346. The number of nitrogens with one attached hydrogen (secondary N) is 2. The van der Waals surface area contributed by atoms with Crippen LogP contribution in [0.1, 0.15) is 13.8 Å². The first-order chi connectivity index (χ1) is 12.2. The van der Waals surface area contributed by atoms with E-state index < -0.39 is 27.8 Å². The molecule has 0 radical (unpaired) electrons. The molecule has 0 heterocycles. The summed E-state index contributed by atoms with van der Waals surface area (Å²) in [7, 11) is -4.01. The average Bonchev–Trinajstić information content (AvgIpc) is 2.58. The normalized spacial score (nSPS) is 12.5. The summed E-state index contributed by atoms with van der Waals surface area (Å²) in [6.45, 7) is 3.51. The quantitative estimate of drug-likeness (QED) is 0.747. The van der Waals surface area contributed by atoms with E-state index in [1.54, 1.807) is 13.0 Å². The topological polar surface area (TPSA) is 84.5 Å². The fraction of sp³-hybridized carbons (Fsp3) is 0.235. The van der Waals surface area contributed by atoms with E-state index in [4.69, 9.17) is 16.3 Å². The number of benzene rings is 2. The molecule has 6 nitrogen and oxygen atoms in total. The monoisotopic (exact) mass is 400 g/mol. The molecule has 2 aromatic rings. The molecule has 0 aliphatic heterocycles. The number of ether oxygens (including phenoxy) is 1. The van der Waals surface area contributed by atoms with Gasteiger partial charge in [-0.15, -0.1) is 0 Å². The van der Waals surface area contributed by atoms with Crippen LogP contribution in [0, 0.1) is 5.82 Å². The standard InChI is InChI=1S/C17H18ClFN2O4S/c1-3-25-16-9-8-12(10-13(16)18)26(23,24)21-11(2)17(22)20-15-7-5-4-6-14(15)19/h4-11,21H,3H2,1-2H3,(H,20,22)/t11-/m0/s1. The SMILES string of the molecule is CCOc1ccc(S(=O)(=O)N[C@@H](C)C(=O)Nc2ccccc2F)cc1Cl. The van der Waals surface area contributed by atoms with Crippen LogP contribution in [0.2, 0.25) is 5.02 Å². The van der Waals surface area contributed by atoms with Crippen molar-refractivity contribution in [3.05, 3.63) is 53.3 Å². The Morgan fingerprint density at radius 2 is 1.96 bits per heavy atom. The van der Waals surface area contributed by atoms with Gasteiger partial charge >= 0.3 is 0 Å². The van der Waals surface area contributed by atoms with Crippen molar-refractivity contribution in [1.29, 1.82) is 0 Å². The van der Waals surface area contributed by atoms with Gasteiger partial charge in [-0.3, -0.25) is 4.79 Å². The van der Waals surface area contributed by atoms with Crippen molar-refractivity contribution in [3.63, 3.8) is 0 Å². The maximum absolute atomic E-state index is 13.6. The maximum atomic E-state index is 13.6. The van der Waals surface area contributed by atoms with Crippen LogP contribution in [-0.2, 0) is 14.8 Å². The second kappa shape index (κ2) is 8.48. The predicted molar refractivity (Wildman–Crippen MR) is 97.4 cm³/mol. The lowest BCUT2D eigenvalue weighted by atomic mass is 10.2. The van der Waals surface area contributed by atoms with Gasteiger partial charge in [-0.2, -0.15) is 4.72 Å².